The van der Waals surface area contributed by atoms with Crippen LogP contribution in [0.5, 0.6) is 0 Å². The molecule has 21 heavy (non-hydrogen) atoms. The molecule has 0 aliphatic carbocycles. The summed E-state index contributed by atoms with van der Waals surface area (Å²) >= 11 is 0. The Morgan fingerprint density at radius 2 is 1.71 bits per heavy atom. The van der Waals surface area contributed by atoms with E-state index in [1.165, 1.54) is 17.2 Å². The molecule has 2 rings (SSSR count). The molecule has 0 fully saturated rings. The number of hydrogen-bond donors (Lipinski definition) is 1. The number of rotatable bonds is 6. The zero-order chi connectivity index (χ0) is 15.2. The Balaban J connectivity index is 1.94. The first kappa shape index (κ1) is 15.7. The summed E-state index contributed by atoms with van der Waals surface area (Å²) in [5, 5.41) is 0. The van der Waals surface area contributed by atoms with Crippen LogP contribution in [0.15, 0.2) is 48.5 Å². The second-order valence-corrected chi connectivity index (χ2v) is 5.68. The maximum atomic E-state index is 13.2. The third-order valence-electron chi connectivity index (χ3n) is 3.70. The van der Waals surface area contributed by atoms with Gasteiger partial charge in [0.05, 0.1) is 0 Å². The average Bonchev–Trinajstić information content (AvgIpc) is 2.47. The highest BCUT2D eigenvalue weighted by Crippen LogP contribution is 2.16. The van der Waals surface area contributed by atoms with E-state index in [2.05, 4.69) is 36.1 Å². The van der Waals surface area contributed by atoms with Crippen LogP contribution in [0.2, 0.25) is 0 Å². The molecule has 1 unspecified atom stereocenters. The van der Waals surface area contributed by atoms with Crippen LogP contribution in [0.25, 0.3) is 0 Å². The van der Waals surface area contributed by atoms with Gasteiger partial charge < -0.3 is 5.73 Å². The lowest BCUT2D eigenvalue weighted by atomic mass is 10.00. The van der Waals surface area contributed by atoms with Crippen molar-refractivity contribution in [3.05, 3.63) is 71.0 Å². The molecule has 112 valence electrons. The summed E-state index contributed by atoms with van der Waals surface area (Å²) in [7, 11) is 2.04. The molecule has 0 saturated heterocycles. The standard InChI is InChI=1S/C18H23FN2/c1-14(11-20)17-8-6-15(7-9-17)12-21(2)13-16-4-3-5-18(19)10-16/h3-10,14H,11-13,20H2,1-2H3. The van der Waals surface area contributed by atoms with Crippen molar-refractivity contribution in [2.24, 2.45) is 5.73 Å². The predicted molar refractivity (Wildman–Crippen MR) is 85.5 cm³/mol. The zero-order valence-electron chi connectivity index (χ0n) is 12.7. The van der Waals surface area contributed by atoms with E-state index in [0.717, 1.165) is 18.7 Å². The number of hydrogen-bond acceptors (Lipinski definition) is 2. The van der Waals surface area contributed by atoms with E-state index in [0.29, 0.717) is 12.5 Å². The van der Waals surface area contributed by atoms with Gasteiger partial charge in [0.2, 0.25) is 0 Å². The maximum Gasteiger partial charge on any atom is 0.123 e. The molecule has 0 saturated carbocycles. The normalized spacial score (nSPS) is 12.6. The topological polar surface area (TPSA) is 29.3 Å². The van der Waals surface area contributed by atoms with Gasteiger partial charge in [-0.15, -0.1) is 0 Å². The largest absolute Gasteiger partial charge is 0.330 e. The van der Waals surface area contributed by atoms with Gasteiger partial charge in [0.25, 0.3) is 0 Å². The summed E-state index contributed by atoms with van der Waals surface area (Å²) < 4.78 is 13.2. The fourth-order valence-corrected chi connectivity index (χ4v) is 2.40. The molecule has 0 aliphatic rings. The van der Waals surface area contributed by atoms with Gasteiger partial charge in [-0.05, 0) is 48.3 Å². The minimum Gasteiger partial charge on any atom is -0.330 e. The van der Waals surface area contributed by atoms with Crippen molar-refractivity contribution >= 4 is 0 Å². The van der Waals surface area contributed by atoms with Gasteiger partial charge in [-0.2, -0.15) is 0 Å². The van der Waals surface area contributed by atoms with E-state index in [4.69, 9.17) is 5.73 Å². The van der Waals surface area contributed by atoms with Gasteiger partial charge in [0.15, 0.2) is 0 Å². The van der Waals surface area contributed by atoms with Crippen molar-refractivity contribution in [2.75, 3.05) is 13.6 Å². The Morgan fingerprint density at radius 1 is 1.05 bits per heavy atom. The highest BCUT2D eigenvalue weighted by molar-refractivity contribution is 5.25. The molecule has 1 atom stereocenters. The lowest BCUT2D eigenvalue weighted by Gasteiger charge is -2.17. The smallest absolute Gasteiger partial charge is 0.123 e. The summed E-state index contributed by atoms with van der Waals surface area (Å²) in [6.45, 7) is 4.37. The van der Waals surface area contributed by atoms with Crippen LogP contribution < -0.4 is 5.73 Å². The summed E-state index contributed by atoms with van der Waals surface area (Å²) in [6, 6.07) is 15.3. The van der Waals surface area contributed by atoms with Crippen molar-refractivity contribution < 1.29 is 4.39 Å². The van der Waals surface area contributed by atoms with Crippen LogP contribution >= 0.6 is 0 Å². The minimum atomic E-state index is -0.180. The van der Waals surface area contributed by atoms with E-state index in [1.54, 1.807) is 12.1 Å². The molecule has 0 aliphatic heterocycles. The molecule has 3 heteroatoms. The van der Waals surface area contributed by atoms with E-state index < -0.39 is 0 Å². The van der Waals surface area contributed by atoms with Crippen LogP contribution in [0.1, 0.15) is 29.5 Å². The molecule has 2 aromatic rings. The molecule has 0 bridgehead atoms. The van der Waals surface area contributed by atoms with Gasteiger partial charge in [-0.3, -0.25) is 4.90 Å². The highest BCUT2D eigenvalue weighted by Gasteiger charge is 2.05. The maximum absolute atomic E-state index is 13.2. The van der Waals surface area contributed by atoms with Gasteiger partial charge in [0, 0.05) is 13.1 Å². The molecule has 0 spiro atoms. The van der Waals surface area contributed by atoms with Crippen LogP contribution in [0.4, 0.5) is 4.39 Å². The lowest BCUT2D eigenvalue weighted by Crippen LogP contribution is -2.17. The van der Waals surface area contributed by atoms with E-state index in [1.807, 2.05) is 13.1 Å². The van der Waals surface area contributed by atoms with Crippen molar-refractivity contribution in [3.8, 4) is 0 Å². The summed E-state index contributed by atoms with van der Waals surface area (Å²) in [5.41, 5.74) is 9.20. The summed E-state index contributed by atoms with van der Waals surface area (Å²) in [6.07, 6.45) is 0. The van der Waals surface area contributed by atoms with Crippen LogP contribution in [-0.2, 0) is 13.1 Å². The Kier molecular flexibility index (Phi) is 5.48. The quantitative estimate of drug-likeness (QED) is 0.880. The average molecular weight is 286 g/mol. The van der Waals surface area contributed by atoms with Crippen LogP contribution in [0.3, 0.4) is 0 Å². The second-order valence-electron chi connectivity index (χ2n) is 5.68. The van der Waals surface area contributed by atoms with Crippen LogP contribution in [-0.4, -0.2) is 18.5 Å². The van der Waals surface area contributed by atoms with Crippen molar-refractivity contribution in [1.29, 1.82) is 0 Å². The van der Waals surface area contributed by atoms with E-state index in [-0.39, 0.29) is 5.82 Å². The molecule has 2 nitrogen and oxygen atoms in total. The van der Waals surface area contributed by atoms with Gasteiger partial charge in [-0.25, -0.2) is 4.39 Å². The third-order valence-corrected chi connectivity index (χ3v) is 3.70. The fourth-order valence-electron chi connectivity index (χ4n) is 2.40. The molecule has 2 N–H and O–H groups in total. The van der Waals surface area contributed by atoms with Gasteiger partial charge >= 0.3 is 0 Å². The molecule has 0 amide bonds. The molecule has 0 radical (unpaired) electrons. The number of nitrogens with zero attached hydrogens (tertiary/aromatic N) is 1. The Hall–Kier alpha value is -1.71. The van der Waals surface area contributed by atoms with Gasteiger partial charge in [0.1, 0.15) is 5.82 Å². The SMILES string of the molecule is CC(CN)c1ccc(CN(C)Cc2cccc(F)c2)cc1. The molecule has 2 aromatic carbocycles. The van der Waals surface area contributed by atoms with E-state index in [9.17, 15) is 4.39 Å². The van der Waals surface area contributed by atoms with Crippen molar-refractivity contribution in [2.45, 2.75) is 25.9 Å². The second kappa shape index (κ2) is 7.34. The summed E-state index contributed by atoms with van der Waals surface area (Å²) in [4.78, 5) is 2.18. The Bertz CT molecular complexity index is 566. The number of halogens is 1. The molecular formula is C18H23FN2. The molecule has 0 aromatic heterocycles. The van der Waals surface area contributed by atoms with Crippen molar-refractivity contribution in [1.82, 2.24) is 4.90 Å². The first-order chi connectivity index (χ1) is 10.1. The highest BCUT2D eigenvalue weighted by atomic mass is 19.1. The van der Waals surface area contributed by atoms with Crippen molar-refractivity contribution in [3.63, 3.8) is 0 Å². The first-order valence-corrected chi connectivity index (χ1v) is 7.30. The minimum absolute atomic E-state index is 0.180. The zero-order valence-corrected chi connectivity index (χ0v) is 12.7. The van der Waals surface area contributed by atoms with Gasteiger partial charge in [-0.1, -0.05) is 43.3 Å². The monoisotopic (exact) mass is 286 g/mol. The summed E-state index contributed by atoms with van der Waals surface area (Å²) in [5.74, 6) is 0.213. The molecular weight excluding hydrogens is 263 g/mol. The number of nitrogens with two attached hydrogens (primary N) is 1. The predicted octanol–water partition coefficient (Wildman–Crippen LogP) is 3.52. The lowest BCUT2D eigenvalue weighted by molar-refractivity contribution is 0.318. The fraction of sp³-hybridized carbons (Fsp3) is 0.333. The number of benzene rings is 2. The van der Waals surface area contributed by atoms with Crippen LogP contribution in [0, 0.1) is 5.82 Å². The van der Waals surface area contributed by atoms with E-state index >= 15 is 0 Å². The Labute approximate surface area is 126 Å². The third kappa shape index (κ3) is 4.66. The Morgan fingerprint density at radius 3 is 2.33 bits per heavy atom. The molecule has 0 heterocycles. The first-order valence-electron chi connectivity index (χ1n) is 7.30.